The van der Waals surface area contributed by atoms with Gasteiger partial charge in [0.25, 0.3) is 0 Å². The van der Waals surface area contributed by atoms with Gasteiger partial charge < -0.3 is 10.1 Å². The molecular formula is C15H19ClN2O. The first-order valence-electron chi connectivity index (χ1n) is 6.39. The molecule has 3 nitrogen and oxygen atoms in total. The van der Waals surface area contributed by atoms with E-state index in [0.717, 1.165) is 23.4 Å². The molecule has 1 N–H and O–H groups in total. The van der Waals surface area contributed by atoms with Crippen LogP contribution >= 0.6 is 11.6 Å². The topological polar surface area (TPSA) is 35.8 Å². The summed E-state index contributed by atoms with van der Waals surface area (Å²) in [4.78, 5) is 2.32. The molecule has 1 aromatic rings. The molecule has 1 heterocycles. The van der Waals surface area contributed by atoms with Gasteiger partial charge in [0.05, 0.1) is 16.8 Å². The summed E-state index contributed by atoms with van der Waals surface area (Å²) in [5.41, 5.74) is 4.19. The first-order chi connectivity index (χ1) is 8.90. The number of allylic oxidation sites excluding steroid dienone is 1. The lowest BCUT2D eigenvalue weighted by Crippen LogP contribution is -2.44. The molecule has 0 bridgehead atoms. The van der Waals surface area contributed by atoms with Crippen molar-refractivity contribution in [3.63, 3.8) is 0 Å². The third kappa shape index (κ3) is 2.35. The fraction of sp³-hybridized carbons (Fsp3) is 0.400. The van der Waals surface area contributed by atoms with Crippen LogP contribution < -0.4 is 4.90 Å². The standard InChI is InChI=1S/C15H19ClN2O/c1-5-18-14-7-13(16)11(9-17-19)6-12(14)10(2)8-15(18,3)4/h6-9,19H,5H2,1-4H3. The van der Waals surface area contributed by atoms with E-state index < -0.39 is 0 Å². The number of halogens is 1. The fourth-order valence-corrected chi connectivity index (χ4v) is 3.06. The molecule has 0 spiro atoms. The molecule has 1 aliphatic heterocycles. The molecule has 0 saturated carbocycles. The highest BCUT2D eigenvalue weighted by Crippen LogP contribution is 2.40. The molecule has 0 radical (unpaired) electrons. The van der Waals surface area contributed by atoms with E-state index in [0.29, 0.717) is 5.02 Å². The molecule has 0 unspecified atom stereocenters. The SMILES string of the molecule is CCN1c2cc(Cl)c(C=NO)cc2C(C)=CC1(C)C. The van der Waals surface area contributed by atoms with Crippen molar-refractivity contribution in [2.45, 2.75) is 33.2 Å². The number of likely N-dealkylation sites (N-methyl/N-ethyl adjacent to an activating group) is 1. The van der Waals surface area contributed by atoms with Crippen LogP contribution in [-0.4, -0.2) is 23.5 Å². The van der Waals surface area contributed by atoms with Crippen molar-refractivity contribution in [1.82, 2.24) is 0 Å². The monoisotopic (exact) mass is 278 g/mol. The van der Waals surface area contributed by atoms with Crippen LogP contribution in [0.25, 0.3) is 5.57 Å². The van der Waals surface area contributed by atoms with Crippen molar-refractivity contribution >= 4 is 29.1 Å². The van der Waals surface area contributed by atoms with Crippen LogP contribution in [0.1, 0.15) is 38.8 Å². The van der Waals surface area contributed by atoms with Gasteiger partial charge in [0.15, 0.2) is 0 Å². The summed E-state index contributed by atoms with van der Waals surface area (Å²) in [6.45, 7) is 9.53. The first kappa shape index (κ1) is 13.9. The molecule has 0 atom stereocenters. The van der Waals surface area contributed by atoms with Crippen LogP contribution in [-0.2, 0) is 0 Å². The van der Waals surface area contributed by atoms with E-state index in [-0.39, 0.29) is 5.54 Å². The summed E-state index contributed by atoms with van der Waals surface area (Å²) < 4.78 is 0. The smallest absolute Gasteiger partial charge is 0.0749 e. The van der Waals surface area contributed by atoms with Crippen molar-refractivity contribution in [3.8, 4) is 0 Å². The quantitative estimate of drug-likeness (QED) is 0.501. The average molecular weight is 279 g/mol. The average Bonchev–Trinajstić information content (AvgIpc) is 2.31. The second-order valence-corrected chi connectivity index (χ2v) is 5.77. The Bertz CT molecular complexity index is 562. The molecule has 4 heteroatoms. The molecule has 1 aliphatic rings. The molecule has 0 amide bonds. The summed E-state index contributed by atoms with van der Waals surface area (Å²) in [7, 11) is 0. The van der Waals surface area contributed by atoms with E-state index in [2.05, 4.69) is 43.8 Å². The number of anilines is 1. The van der Waals surface area contributed by atoms with Gasteiger partial charge in [0.1, 0.15) is 0 Å². The predicted octanol–water partition coefficient (Wildman–Crippen LogP) is 4.17. The molecule has 102 valence electrons. The zero-order valence-corrected chi connectivity index (χ0v) is 12.5. The van der Waals surface area contributed by atoms with E-state index in [1.807, 2.05) is 12.1 Å². The molecule has 0 saturated heterocycles. The predicted molar refractivity (Wildman–Crippen MR) is 81.6 cm³/mol. The maximum atomic E-state index is 8.68. The summed E-state index contributed by atoms with van der Waals surface area (Å²) in [5.74, 6) is 0. The number of hydrogen-bond acceptors (Lipinski definition) is 3. The van der Waals surface area contributed by atoms with Crippen LogP contribution in [0.15, 0.2) is 23.4 Å². The highest BCUT2D eigenvalue weighted by molar-refractivity contribution is 6.33. The van der Waals surface area contributed by atoms with Gasteiger partial charge >= 0.3 is 0 Å². The molecule has 0 aliphatic carbocycles. The minimum absolute atomic E-state index is 0.0260. The molecular weight excluding hydrogens is 260 g/mol. The largest absolute Gasteiger partial charge is 0.411 e. The summed E-state index contributed by atoms with van der Waals surface area (Å²) in [6.07, 6.45) is 3.62. The molecule has 0 aromatic heterocycles. The van der Waals surface area contributed by atoms with Gasteiger partial charge in [0.2, 0.25) is 0 Å². The normalized spacial score (nSPS) is 17.5. The maximum absolute atomic E-state index is 8.68. The van der Waals surface area contributed by atoms with Crippen molar-refractivity contribution < 1.29 is 5.21 Å². The Morgan fingerprint density at radius 2 is 2.11 bits per heavy atom. The molecule has 19 heavy (non-hydrogen) atoms. The van der Waals surface area contributed by atoms with Gasteiger partial charge in [0, 0.05) is 23.4 Å². The van der Waals surface area contributed by atoms with Crippen LogP contribution in [0.3, 0.4) is 0 Å². The van der Waals surface area contributed by atoms with E-state index >= 15 is 0 Å². The van der Waals surface area contributed by atoms with Crippen molar-refractivity contribution in [2.75, 3.05) is 11.4 Å². The van der Waals surface area contributed by atoms with Gasteiger partial charge in [-0.1, -0.05) is 22.8 Å². The van der Waals surface area contributed by atoms with E-state index in [4.69, 9.17) is 16.8 Å². The van der Waals surface area contributed by atoms with Gasteiger partial charge in [-0.15, -0.1) is 0 Å². The number of rotatable bonds is 2. The van der Waals surface area contributed by atoms with E-state index in [1.54, 1.807) is 0 Å². The number of nitrogens with zero attached hydrogens (tertiary/aromatic N) is 2. The second kappa shape index (κ2) is 4.89. The van der Waals surface area contributed by atoms with Crippen LogP contribution in [0.5, 0.6) is 0 Å². The lowest BCUT2D eigenvalue weighted by Gasteiger charge is -2.43. The number of benzene rings is 1. The van der Waals surface area contributed by atoms with Crippen LogP contribution in [0, 0.1) is 0 Å². The highest BCUT2D eigenvalue weighted by atomic mass is 35.5. The Hall–Kier alpha value is -1.48. The van der Waals surface area contributed by atoms with Gasteiger partial charge in [-0.3, -0.25) is 0 Å². The Balaban J connectivity index is 2.67. The zero-order chi connectivity index (χ0) is 14.2. The highest BCUT2D eigenvalue weighted by Gasteiger charge is 2.30. The summed E-state index contributed by atoms with van der Waals surface area (Å²) >= 11 is 6.25. The third-order valence-corrected chi connectivity index (χ3v) is 3.94. The van der Waals surface area contributed by atoms with Crippen molar-refractivity contribution in [3.05, 3.63) is 34.4 Å². The molecule has 0 fully saturated rings. The van der Waals surface area contributed by atoms with E-state index in [1.165, 1.54) is 11.8 Å². The third-order valence-electron chi connectivity index (χ3n) is 3.61. The van der Waals surface area contributed by atoms with Gasteiger partial charge in [-0.2, -0.15) is 0 Å². The van der Waals surface area contributed by atoms with E-state index in [9.17, 15) is 0 Å². The molecule has 1 aromatic carbocycles. The number of oxime groups is 1. The van der Waals surface area contributed by atoms with Crippen LogP contribution in [0.2, 0.25) is 5.02 Å². The minimum Gasteiger partial charge on any atom is -0.411 e. The van der Waals surface area contributed by atoms with Crippen molar-refractivity contribution in [2.24, 2.45) is 5.16 Å². The Kier molecular flexibility index (Phi) is 3.59. The lowest BCUT2D eigenvalue weighted by molar-refractivity contribution is 0.322. The minimum atomic E-state index is -0.0260. The van der Waals surface area contributed by atoms with Crippen molar-refractivity contribution in [1.29, 1.82) is 0 Å². The summed E-state index contributed by atoms with van der Waals surface area (Å²) in [5, 5.41) is 12.3. The van der Waals surface area contributed by atoms with Crippen LogP contribution in [0.4, 0.5) is 5.69 Å². The Morgan fingerprint density at radius 3 is 2.68 bits per heavy atom. The van der Waals surface area contributed by atoms with Gasteiger partial charge in [-0.25, -0.2) is 0 Å². The second-order valence-electron chi connectivity index (χ2n) is 5.36. The molecule has 2 rings (SSSR count). The first-order valence-corrected chi connectivity index (χ1v) is 6.77. The Morgan fingerprint density at radius 1 is 1.42 bits per heavy atom. The fourth-order valence-electron chi connectivity index (χ4n) is 2.85. The summed E-state index contributed by atoms with van der Waals surface area (Å²) in [6, 6.07) is 3.93. The number of hydrogen-bond donors (Lipinski definition) is 1. The van der Waals surface area contributed by atoms with Gasteiger partial charge in [-0.05, 0) is 45.4 Å². The number of fused-ring (bicyclic) bond motifs is 1. The zero-order valence-electron chi connectivity index (χ0n) is 11.7. The maximum Gasteiger partial charge on any atom is 0.0749 e. The lowest BCUT2D eigenvalue weighted by atomic mass is 9.88. The Labute approximate surface area is 119 Å².